The molecule has 0 amide bonds. The van der Waals surface area contributed by atoms with Crippen LogP contribution in [0.3, 0.4) is 0 Å². The van der Waals surface area contributed by atoms with Crippen LogP contribution >= 0.6 is 12.4 Å². The first-order valence-electron chi connectivity index (χ1n) is 6.78. The van der Waals surface area contributed by atoms with Crippen LogP contribution in [0.5, 0.6) is 0 Å². The van der Waals surface area contributed by atoms with E-state index in [4.69, 9.17) is 0 Å². The van der Waals surface area contributed by atoms with Gasteiger partial charge >= 0.3 is 5.97 Å². The molecule has 0 spiro atoms. The van der Waals surface area contributed by atoms with E-state index in [0.717, 1.165) is 6.54 Å². The highest BCUT2D eigenvalue weighted by atomic mass is 35.5. The fraction of sp³-hybridized carbons (Fsp3) is 0.562. The Labute approximate surface area is 128 Å². The lowest BCUT2D eigenvalue weighted by Crippen LogP contribution is -2.44. The molecule has 1 N–H and O–H groups in total. The van der Waals surface area contributed by atoms with Crippen LogP contribution in [0.2, 0.25) is 0 Å². The van der Waals surface area contributed by atoms with Gasteiger partial charge in [-0.3, -0.25) is 9.69 Å². The van der Waals surface area contributed by atoms with Crippen LogP contribution in [0.4, 0.5) is 0 Å². The highest BCUT2D eigenvalue weighted by molar-refractivity contribution is 5.85. The summed E-state index contributed by atoms with van der Waals surface area (Å²) >= 11 is 0. The minimum Gasteiger partial charge on any atom is -0.480 e. The third kappa shape index (κ3) is 4.80. The van der Waals surface area contributed by atoms with E-state index in [1.165, 1.54) is 11.1 Å². The van der Waals surface area contributed by atoms with Crippen molar-refractivity contribution in [1.29, 1.82) is 0 Å². The number of halogens is 1. The summed E-state index contributed by atoms with van der Waals surface area (Å²) in [7, 11) is 1.89. The van der Waals surface area contributed by atoms with Crippen LogP contribution < -0.4 is 0 Å². The van der Waals surface area contributed by atoms with Crippen molar-refractivity contribution in [2.24, 2.45) is 0 Å². The molecule has 1 rings (SSSR count). The first-order valence-corrected chi connectivity index (χ1v) is 6.78. The van der Waals surface area contributed by atoms with E-state index in [-0.39, 0.29) is 17.8 Å². The van der Waals surface area contributed by atoms with Crippen LogP contribution in [0.25, 0.3) is 0 Å². The molecule has 0 saturated heterocycles. The first kappa shape index (κ1) is 18.9. The molecule has 0 heterocycles. The van der Waals surface area contributed by atoms with E-state index < -0.39 is 12.0 Å². The summed E-state index contributed by atoms with van der Waals surface area (Å²) in [6.07, 6.45) is 0.621. The average Bonchev–Trinajstić information content (AvgIpc) is 2.29. The molecule has 3 nitrogen and oxygen atoms in total. The van der Waals surface area contributed by atoms with E-state index >= 15 is 0 Å². The molecule has 114 valence electrons. The lowest BCUT2D eigenvalue weighted by molar-refractivity contribution is -0.143. The predicted octanol–water partition coefficient (Wildman–Crippen LogP) is 3.49. The van der Waals surface area contributed by atoms with Crippen molar-refractivity contribution in [3.8, 4) is 0 Å². The van der Waals surface area contributed by atoms with E-state index in [2.05, 4.69) is 45.0 Å². The fourth-order valence-corrected chi connectivity index (χ4v) is 2.50. The number of carboxylic acids is 1. The Morgan fingerprint density at radius 1 is 1.30 bits per heavy atom. The molecule has 0 aliphatic carbocycles. The van der Waals surface area contributed by atoms with Gasteiger partial charge < -0.3 is 5.11 Å². The summed E-state index contributed by atoms with van der Waals surface area (Å²) in [5, 5.41) is 9.21. The van der Waals surface area contributed by atoms with Crippen LogP contribution in [-0.2, 0) is 10.2 Å². The Hall–Kier alpha value is -1.06. The maximum Gasteiger partial charge on any atom is 0.320 e. The molecule has 4 heteroatoms. The van der Waals surface area contributed by atoms with E-state index in [9.17, 15) is 9.90 Å². The number of rotatable bonds is 6. The molecule has 1 aromatic carbocycles. The molecule has 20 heavy (non-hydrogen) atoms. The van der Waals surface area contributed by atoms with Crippen molar-refractivity contribution in [2.45, 2.75) is 45.6 Å². The number of aryl methyl sites for hydroxylation is 1. The molecule has 0 aromatic heterocycles. The fourth-order valence-electron chi connectivity index (χ4n) is 2.50. The van der Waals surface area contributed by atoms with Crippen molar-refractivity contribution >= 4 is 18.4 Å². The van der Waals surface area contributed by atoms with Crippen molar-refractivity contribution in [2.75, 3.05) is 13.6 Å². The van der Waals surface area contributed by atoms with Gasteiger partial charge in [-0.1, -0.05) is 50.6 Å². The van der Waals surface area contributed by atoms with Crippen LogP contribution in [-0.4, -0.2) is 35.6 Å². The second-order valence-electron chi connectivity index (χ2n) is 5.93. The molecule has 0 radical (unpaired) electrons. The summed E-state index contributed by atoms with van der Waals surface area (Å²) in [5.41, 5.74) is 2.42. The zero-order valence-corrected chi connectivity index (χ0v) is 13.8. The van der Waals surface area contributed by atoms with Gasteiger partial charge in [0.15, 0.2) is 0 Å². The molecule has 0 aliphatic heterocycles. The zero-order valence-electron chi connectivity index (χ0n) is 13.0. The van der Waals surface area contributed by atoms with E-state index in [1.807, 2.05) is 18.9 Å². The maximum atomic E-state index is 11.2. The zero-order chi connectivity index (χ0) is 14.6. The van der Waals surface area contributed by atoms with Crippen molar-refractivity contribution in [1.82, 2.24) is 4.90 Å². The maximum absolute atomic E-state index is 11.2. The van der Waals surface area contributed by atoms with Crippen molar-refractivity contribution in [3.63, 3.8) is 0 Å². The van der Waals surface area contributed by atoms with E-state index in [1.54, 1.807) is 0 Å². The lowest BCUT2D eigenvalue weighted by Gasteiger charge is -2.33. The van der Waals surface area contributed by atoms with E-state index in [0.29, 0.717) is 6.42 Å². The molecule has 0 fully saturated rings. The van der Waals surface area contributed by atoms with Crippen LogP contribution in [0.15, 0.2) is 24.3 Å². The summed E-state index contributed by atoms with van der Waals surface area (Å²) in [6.45, 7) is 9.01. The van der Waals surface area contributed by atoms with Gasteiger partial charge in [-0.15, -0.1) is 12.4 Å². The Kier molecular flexibility index (Phi) is 7.25. The molecule has 1 unspecified atom stereocenters. The number of carboxylic acid groups (broad SMARTS) is 1. The SMILES string of the molecule is CCC(C(=O)O)N(C)CC(C)(C)c1ccc(C)cc1.Cl. The minimum atomic E-state index is -0.746. The standard InChI is InChI=1S/C16H25NO2.ClH/c1-6-14(15(18)19)17(5)11-16(3,4)13-9-7-12(2)8-10-13;/h7-10,14H,6,11H2,1-5H3,(H,18,19);1H. The van der Waals surface area contributed by atoms with Crippen LogP contribution in [0.1, 0.15) is 38.3 Å². The van der Waals surface area contributed by atoms with Gasteiger partial charge in [0, 0.05) is 12.0 Å². The third-order valence-electron chi connectivity index (χ3n) is 3.68. The van der Waals surface area contributed by atoms with Gasteiger partial charge in [-0.25, -0.2) is 0 Å². The molecule has 1 aromatic rings. The summed E-state index contributed by atoms with van der Waals surface area (Å²) in [5.74, 6) is -0.746. The molecular formula is C16H26ClNO2. The molecule has 0 aliphatic rings. The van der Waals surface area contributed by atoms with Gasteiger partial charge in [-0.05, 0) is 26.0 Å². The summed E-state index contributed by atoms with van der Waals surface area (Å²) < 4.78 is 0. The Bertz CT molecular complexity index is 429. The van der Waals surface area contributed by atoms with Gasteiger partial charge in [0.1, 0.15) is 6.04 Å². The second-order valence-corrected chi connectivity index (χ2v) is 5.93. The Balaban J connectivity index is 0.00000361. The molecular weight excluding hydrogens is 274 g/mol. The van der Waals surface area contributed by atoms with Gasteiger partial charge in [0.2, 0.25) is 0 Å². The van der Waals surface area contributed by atoms with Gasteiger partial charge in [0.05, 0.1) is 0 Å². The topological polar surface area (TPSA) is 40.5 Å². The first-order chi connectivity index (χ1) is 8.77. The van der Waals surface area contributed by atoms with Gasteiger partial charge in [-0.2, -0.15) is 0 Å². The lowest BCUT2D eigenvalue weighted by atomic mass is 9.83. The number of hydrogen-bond donors (Lipinski definition) is 1. The molecule has 0 bridgehead atoms. The van der Waals surface area contributed by atoms with Crippen molar-refractivity contribution in [3.05, 3.63) is 35.4 Å². The summed E-state index contributed by atoms with van der Waals surface area (Å²) in [6, 6.07) is 8.05. The Morgan fingerprint density at radius 3 is 2.20 bits per heavy atom. The number of carbonyl (C=O) groups is 1. The Morgan fingerprint density at radius 2 is 1.80 bits per heavy atom. The number of hydrogen-bond acceptors (Lipinski definition) is 2. The largest absolute Gasteiger partial charge is 0.480 e. The van der Waals surface area contributed by atoms with Crippen LogP contribution in [0, 0.1) is 6.92 Å². The van der Waals surface area contributed by atoms with Gasteiger partial charge in [0.25, 0.3) is 0 Å². The smallest absolute Gasteiger partial charge is 0.320 e. The quantitative estimate of drug-likeness (QED) is 0.874. The monoisotopic (exact) mass is 299 g/mol. The number of aliphatic carboxylic acids is 1. The highest BCUT2D eigenvalue weighted by Crippen LogP contribution is 2.25. The van der Waals surface area contributed by atoms with Crippen molar-refractivity contribution < 1.29 is 9.90 Å². The number of nitrogens with zero attached hydrogens (tertiary/aromatic N) is 1. The molecule has 0 saturated carbocycles. The predicted molar refractivity (Wildman–Crippen MR) is 85.8 cm³/mol. The highest BCUT2D eigenvalue weighted by Gasteiger charge is 2.28. The third-order valence-corrected chi connectivity index (χ3v) is 3.68. The second kappa shape index (κ2) is 7.65. The number of likely N-dealkylation sites (N-methyl/N-ethyl adjacent to an activating group) is 1. The summed E-state index contributed by atoms with van der Waals surface area (Å²) in [4.78, 5) is 13.1. The minimum absolute atomic E-state index is 0. The normalized spacial score (nSPS) is 12.9. The average molecular weight is 300 g/mol. The molecule has 1 atom stereocenters. The number of benzene rings is 1.